The predicted octanol–water partition coefficient (Wildman–Crippen LogP) is 5.10. The van der Waals surface area contributed by atoms with Gasteiger partial charge in [-0.05, 0) is 37.1 Å². The van der Waals surface area contributed by atoms with Crippen molar-refractivity contribution >= 4 is 26.7 Å². The molecule has 0 aliphatic heterocycles. The van der Waals surface area contributed by atoms with Crippen molar-refractivity contribution in [1.29, 1.82) is 0 Å². The van der Waals surface area contributed by atoms with Crippen LogP contribution in [0, 0.1) is 23.6 Å². The summed E-state index contributed by atoms with van der Waals surface area (Å²) in [4.78, 5) is 12.8. The third kappa shape index (κ3) is 5.49. The summed E-state index contributed by atoms with van der Waals surface area (Å²) >= 11 is 0. The third-order valence-electron chi connectivity index (χ3n) is 6.41. The number of aromatic nitrogens is 2. The molecule has 12 heteroatoms. The molecule has 8 nitrogen and oxygen atoms in total. The number of nitrogens with one attached hydrogen (secondary N) is 1. The molecule has 0 spiro atoms. The van der Waals surface area contributed by atoms with Crippen LogP contribution in [-0.4, -0.2) is 31.2 Å². The molecule has 39 heavy (non-hydrogen) atoms. The first-order valence-electron chi connectivity index (χ1n) is 11.9. The quantitative estimate of drug-likeness (QED) is 0.343. The Labute approximate surface area is 221 Å². The second-order valence-corrected chi connectivity index (χ2v) is 10.8. The fourth-order valence-corrected chi connectivity index (χ4v) is 5.58. The standard InChI is InChI=1S/C27H22F3N3O5S/c1-37-24-14-18(5-4-17-3-2-11-27(29,30)16-17)21(28)15-23(24)33-22-8-7-20(13-19(22)6-9-26(33)34)39(35,36)32-25-10-12-38-31-25/h6-10,12-15,17H,2-3,11,16H2,1H3,(H,31,32)/t17-/m1/s1. The summed E-state index contributed by atoms with van der Waals surface area (Å²) in [7, 11) is -2.68. The second kappa shape index (κ2) is 10.1. The first kappa shape index (κ1) is 26.4. The van der Waals surface area contributed by atoms with Crippen LogP contribution in [0.3, 0.4) is 0 Å². The second-order valence-electron chi connectivity index (χ2n) is 9.14. The zero-order valence-electron chi connectivity index (χ0n) is 20.6. The maximum absolute atomic E-state index is 15.2. The number of alkyl halides is 2. The Morgan fingerprint density at radius 3 is 2.72 bits per heavy atom. The summed E-state index contributed by atoms with van der Waals surface area (Å²) in [5.41, 5.74) is -0.203. The molecule has 5 rings (SSSR count). The van der Waals surface area contributed by atoms with E-state index in [1.54, 1.807) is 0 Å². The van der Waals surface area contributed by atoms with E-state index >= 15 is 4.39 Å². The molecule has 1 fully saturated rings. The summed E-state index contributed by atoms with van der Waals surface area (Å²) in [6.07, 6.45) is 1.53. The normalized spacial score (nSPS) is 16.9. The van der Waals surface area contributed by atoms with Gasteiger partial charge in [-0.1, -0.05) is 17.0 Å². The van der Waals surface area contributed by atoms with Gasteiger partial charge < -0.3 is 9.26 Å². The average molecular weight is 558 g/mol. The van der Waals surface area contributed by atoms with Gasteiger partial charge >= 0.3 is 0 Å². The predicted molar refractivity (Wildman–Crippen MR) is 137 cm³/mol. The highest BCUT2D eigenvalue weighted by molar-refractivity contribution is 7.92. The van der Waals surface area contributed by atoms with E-state index in [-0.39, 0.29) is 40.6 Å². The number of benzene rings is 2. The van der Waals surface area contributed by atoms with Gasteiger partial charge in [-0.25, -0.2) is 21.6 Å². The number of nitrogens with zero attached hydrogens (tertiary/aromatic N) is 2. The van der Waals surface area contributed by atoms with Crippen LogP contribution in [0.2, 0.25) is 0 Å². The Morgan fingerprint density at radius 2 is 2.00 bits per heavy atom. The maximum Gasteiger partial charge on any atom is 0.263 e. The molecule has 2 aromatic carbocycles. The fraction of sp³-hybridized carbons (Fsp3) is 0.259. The van der Waals surface area contributed by atoms with Gasteiger partial charge in [0.25, 0.3) is 15.6 Å². The van der Waals surface area contributed by atoms with E-state index in [1.807, 2.05) is 0 Å². The zero-order valence-corrected chi connectivity index (χ0v) is 21.4. The average Bonchev–Trinajstić information content (AvgIpc) is 3.39. The monoisotopic (exact) mass is 557 g/mol. The molecule has 0 unspecified atom stereocenters. The minimum Gasteiger partial charge on any atom is -0.495 e. The largest absolute Gasteiger partial charge is 0.495 e. The van der Waals surface area contributed by atoms with Crippen LogP contribution >= 0.6 is 0 Å². The van der Waals surface area contributed by atoms with Gasteiger partial charge in [-0.2, -0.15) is 0 Å². The number of hydrogen-bond acceptors (Lipinski definition) is 6. The topological polar surface area (TPSA) is 103 Å². The molecule has 2 heterocycles. The molecule has 0 saturated heterocycles. The number of halogens is 3. The van der Waals surface area contributed by atoms with E-state index in [0.717, 1.165) is 6.07 Å². The number of fused-ring (bicyclic) bond motifs is 1. The van der Waals surface area contributed by atoms with E-state index in [9.17, 15) is 22.0 Å². The highest BCUT2D eigenvalue weighted by Gasteiger charge is 2.35. The van der Waals surface area contributed by atoms with Crippen molar-refractivity contribution in [3.05, 3.63) is 76.5 Å². The van der Waals surface area contributed by atoms with Crippen LogP contribution in [0.1, 0.15) is 31.2 Å². The van der Waals surface area contributed by atoms with E-state index in [2.05, 4.69) is 26.2 Å². The van der Waals surface area contributed by atoms with E-state index in [1.165, 1.54) is 60.4 Å². The van der Waals surface area contributed by atoms with Crippen LogP contribution in [0.5, 0.6) is 5.75 Å². The summed E-state index contributed by atoms with van der Waals surface area (Å²) in [6, 6.07) is 10.5. The highest BCUT2D eigenvalue weighted by Crippen LogP contribution is 2.36. The lowest BCUT2D eigenvalue weighted by atomic mass is 9.87. The minimum atomic E-state index is -4.02. The molecule has 4 aromatic rings. The highest BCUT2D eigenvalue weighted by atomic mass is 32.2. The van der Waals surface area contributed by atoms with Crippen molar-refractivity contribution in [3.8, 4) is 23.3 Å². The van der Waals surface area contributed by atoms with Gasteiger partial charge in [0, 0.05) is 48.4 Å². The van der Waals surface area contributed by atoms with Crippen molar-refractivity contribution in [3.63, 3.8) is 0 Å². The number of hydrogen-bond donors (Lipinski definition) is 1. The van der Waals surface area contributed by atoms with Gasteiger partial charge in [0.1, 0.15) is 17.8 Å². The minimum absolute atomic E-state index is 0.000617. The van der Waals surface area contributed by atoms with Crippen molar-refractivity contribution in [2.75, 3.05) is 11.8 Å². The maximum atomic E-state index is 15.2. The first-order chi connectivity index (χ1) is 18.6. The Hall–Kier alpha value is -4.24. The van der Waals surface area contributed by atoms with Crippen LogP contribution in [0.15, 0.2) is 69.0 Å². The molecule has 0 amide bonds. The Bertz CT molecular complexity index is 1770. The lowest BCUT2D eigenvalue weighted by Gasteiger charge is -2.25. The third-order valence-corrected chi connectivity index (χ3v) is 7.77. The summed E-state index contributed by atoms with van der Waals surface area (Å²) in [5.74, 6) is 1.44. The number of rotatable bonds is 5. The SMILES string of the molecule is COc1cc(C#C[C@H]2CCCC(F)(F)C2)c(F)cc1-n1c(=O)ccc2cc(S(=O)(=O)Nc3ccon3)ccc21. The molecule has 1 aliphatic carbocycles. The van der Waals surface area contributed by atoms with Gasteiger partial charge in [-0.15, -0.1) is 0 Å². The molecular weight excluding hydrogens is 535 g/mol. The van der Waals surface area contributed by atoms with E-state index in [4.69, 9.17) is 4.74 Å². The summed E-state index contributed by atoms with van der Waals surface area (Å²) < 4.78 is 81.7. The van der Waals surface area contributed by atoms with Crippen molar-refractivity contribution in [1.82, 2.24) is 9.72 Å². The van der Waals surface area contributed by atoms with Crippen LogP contribution in [0.25, 0.3) is 16.6 Å². The molecule has 1 N–H and O–H groups in total. The number of sulfonamides is 1. The zero-order chi connectivity index (χ0) is 27.8. The van der Waals surface area contributed by atoms with Gasteiger partial charge in [0.2, 0.25) is 5.92 Å². The van der Waals surface area contributed by atoms with Gasteiger partial charge in [0.05, 0.1) is 28.8 Å². The number of ether oxygens (including phenoxy) is 1. The Morgan fingerprint density at radius 1 is 1.18 bits per heavy atom. The van der Waals surface area contributed by atoms with E-state index in [0.29, 0.717) is 23.7 Å². The van der Waals surface area contributed by atoms with Crippen molar-refractivity contribution in [2.24, 2.45) is 5.92 Å². The van der Waals surface area contributed by atoms with E-state index < -0.39 is 33.2 Å². The van der Waals surface area contributed by atoms with Gasteiger partial charge in [0.15, 0.2) is 5.82 Å². The summed E-state index contributed by atoms with van der Waals surface area (Å²) in [6.45, 7) is 0. The molecule has 1 saturated carbocycles. The molecule has 1 atom stereocenters. The molecule has 202 valence electrons. The fourth-order valence-electron chi connectivity index (χ4n) is 4.55. The number of methoxy groups -OCH3 is 1. The lowest BCUT2D eigenvalue weighted by Crippen LogP contribution is -2.25. The lowest BCUT2D eigenvalue weighted by molar-refractivity contribution is -0.0440. The molecule has 0 bridgehead atoms. The van der Waals surface area contributed by atoms with Gasteiger partial charge in [-0.3, -0.25) is 14.1 Å². The number of anilines is 1. The summed E-state index contributed by atoms with van der Waals surface area (Å²) in [5, 5.41) is 3.91. The van der Waals surface area contributed by atoms with Crippen molar-refractivity contribution < 1.29 is 30.8 Å². The van der Waals surface area contributed by atoms with Crippen LogP contribution in [0.4, 0.5) is 19.0 Å². The molecule has 2 aromatic heterocycles. The Kier molecular flexibility index (Phi) is 6.86. The smallest absolute Gasteiger partial charge is 0.263 e. The van der Waals surface area contributed by atoms with Crippen molar-refractivity contribution in [2.45, 2.75) is 36.5 Å². The number of pyridine rings is 1. The molecular formula is C27H22F3N3O5S. The molecule has 0 radical (unpaired) electrons. The molecule has 1 aliphatic rings. The first-order valence-corrected chi connectivity index (χ1v) is 13.4. The Balaban J connectivity index is 1.54. The van der Waals surface area contributed by atoms with Crippen LogP contribution in [-0.2, 0) is 10.0 Å². The van der Waals surface area contributed by atoms with Crippen LogP contribution < -0.4 is 15.0 Å².